The molecule has 3 fully saturated rings. The van der Waals surface area contributed by atoms with Crippen LogP contribution in [-0.4, -0.2) is 46.3 Å². The Balaban J connectivity index is 1.15. The minimum atomic E-state index is -0.746. The van der Waals surface area contributed by atoms with Crippen molar-refractivity contribution in [3.63, 3.8) is 0 Å². The SMILES string of the molecule is CC(C(=O)Nc1cc([C@H]2CC[C@@H](OC(=O)NC3(C)CC3)C2)[nH]n1)c1ccc(N2CCCC2=O)cc1F. The number of amides is 3. The van der Waals surface area contributed by atoms with Crippen LogP contribution in [0.3, 0.4) is 0 Å². The van der Waals surface area contributed by atoms with Gasteiger partial charge >= 0.3 is 6.09 Å². The average molecular weight is 498 g/mol. The molecule has 3 amide bonds. The van der Waals surface area contributed by atoms with Crippen LogP contribution in [0.1, 0.15) is 81.9 Å². The Bertz CT molecular complexity index is 1180. The second-order valence-corrected chi connectivity index (χ2v) is 10.5. The molecular weight excluding hydrogens is 465 g/mol. The number of hydrogen-bond acceptors (Lipinski definition) is 5. The number of alkyl carbamates (subject to hydrolysis) is 1. The van der Waals surface area contributed by atoms with E-state index in [0.717, 1.165) is 37.8 Å². The first kappa shape index (κ1) is 24.3. The Morgan fingerprint density at radius 1 is 1.28 bits per heavy atom. The summed E-state index contributed by atoms with van der Waals surface area (Å²) in [4.78, 5) is 38.4. The molecule has 0 bridgehead atoms. The number of anilines is 2. The van der Waals surface area contributed by atoms with E-state index in [4.69, 9.17) is 4.74 Å². The number of halogens is 1. The van der Waals surface area contributed by atoms with Gasteiger partial charge in [0, 0.05) is 47.4 Å². The summed E-state index contributed by atoms with van der Waals surface area (Å²) in [5.74, 6) is -1.15. The first-order valence-electron chi connectivity index (χ1n) is 12.7. The number of aromatic amines is 1. The molecule has 2 heterocycles. The van der Waals surface area contributed by atoms with Gasteiger partial charge in [-0.05, 0) is 64.5 Å². The zero-order valence-corrected chi connectivity index (χ0v) is 20.6. The summed E-state index contributed by atoms with van der Waals surface area (Å²) in [7, 11) is 0. The van der Waals surface area contributed by atoms with Crippen LogP contribution in [0.2, 0.25) is 0 Å². The van der Waals surface area contributed by atoms with Gasteiger partial charge in [0.05, 0.1) is 5.92 Å². The van der Waals surface area contributed by atoms with Crippen molar-refractivity contribution < 1.29 is 23.5 Å². The molecule has 2 saturated carbocycles. The quantitative estimate of drug-likeness (QED) is 0.526. The molecule has 36 heavy (non-hydrogen) atoms. The van der Waals surface area contributed by atoms with Gasteiger partial charge in [0.2, 0.25) is 11.8 Å². The van der Waals surface area contributed by atoms with E-state index in [-0.39, 0.29) is 41.0 Å². The molecule has 0 spiro atoms. The Hall–Kier alpha value is -3.43. The van der Waals surface area contributed by atoms with Gasteiger partial charge in [0.1, 0.15) is 11.9 Å². The van der Waals surface area contributed by atoms with Gasteiger partial charge in [-0.2, -0.15) is 5.10 Å². The van der Waals surface area contributed by atoms with E-state index in [1.807, 2.05) is 6.92 Å². The highest BCUT2D eigenvalue weighted by Crippen LogP contribution is 2.37. The Labute approximate surface area is 209 Å². The average Bonchev–Trinajstić information content (AvgIpc) is 3.25. The predicted molar refractivity (Wildman–Crippen MR) is 131 cm³/mol. The fourth-order valence-electron chi connectivity index (χ4n) is 5.01. The molecular formula is C26H32FN5O4. The highest BCUT2D eigenvalue weighted by atomic mass is 19.1. The molecule has 10 heteroatoms. The van der Waals surface area contributed by atoms with Crippen LogP contribution in [0, 0.1) is 5.82 Å². The summed E-state index contributed by atoms with van der Waals surface area (Å²) in [5.41, 5.74) is 1.53. The van der Waals surface area contributed by atoms with Crippen LogP contribution in [0.4, 0.5) is 20.7 Å². The molecule has 3 aliphatic rings. The van der Waals surface area contributed by atoms with E-state index in [1.54, 1.807) is 30.0 Å². The molecule has 5 rings (SSSR count). The summed E-state index contributed by atoms with van der Waals surface area (Å²) >= 11 is 0. The fourth-order valence-corrected chi connectivity index (χ4v) is 5.01. The normalized spacial score (nSPS) is 23.4. The summed E-state index contributed by atoms with van der Waals surface area (Å²) in [6.07, 6.45) is 4.98. The van der Waals surface area contributed by atoms with Gasteiger partial charge in [-0.25, -0.2) is 9.18 Å². The molecule has 1 aromatic carbocycles. The summed E-state index contributed by atoms with van der Waals surface area (Å²) < 4.78 is 20.4. The van der Waals surface area contributed by atoms with E-state index in [9.17, 15) is 18.8 Å². The van der Waals surface area contributed by atoms with Crippen LogP contribution in [0.15, 0.2) is 24.3 Å². The summed E-state index contributed by atoms with van der Waals surface area (Å²) in [6.45, 7) is 4.22. The molecule has 9 nitrogen and oxygen atoms in total. The third-order valence-electron chi connectivity index (χ3n) is 7.58. The minimum Gasteiger partial charge on any atom is -0.446 e. The number of hydrogen-bond donors (Lipinski definition) is 3. The van der Waals surface area contributed by atoms with Crippen molar-refractivity contribution >= 4 is 29.4 Å². The molecule has 3 atom stereocenters. The Morgan fingerprint density at radius 2 is 2.08 bits per heavy atom. The van der Waals surface area contributed by atoms with Gasteiger partial charge in [0.25, 0.3) is 0 Å². The van der Waals surface area contributed by atoms with E-state index in [0.29, 0.717) is 30.9 Å². The van der Waals surface area contributed by atoms with Crippen molar-refractivity contribution in [1.82, 2.24) is 15.5 Å². The van der Waals surface area contributed by atoms with Crippen molar-refractivity contribution in [1.29, 1.82) is 0 Å². The lowest BCUT2D eigenvalue weighted by molar-refractivity contribution is -0.118. The number of carbonyl (C=O) groups excluding carboxylic acids is 3. The van der Waals surface area contributed by atoms with Crippen LogP contribution in [0.5, 0.6) is 0 Å². The van der Waals surface area contributed by atoms with E-state index in [2.05, 4.69) is 20.8 Å². The van der Waals surface area contributed by atoms with Gasteiger partial charge in [0.15, 0.2) is 5.82 Å². The molecule has 2 aromatic rings. The van der Waals surface area contributed by atoms with Crippen molar-refractivity contribution in [2.45, 2.75) is 82.3 Å². The Kier molecular flexibility index (Phi) is 6.44. The van der Waals surface area contributed by atoms with Gasteiger partial charge in [-0.3, -0.25) is 14.7 Å². The van der Waals surface area contributed by atoms with E-state index >= 15 is 0 Å². The molecule has 1 saturated heterocycles. The largest absolute Gasteiger partial charge is 0.446 e. The lowest BCUT2D eigenvalue weighted by atomic mass is 9.99. The monoisotopic (exact) mass is 497 g/mol. The lowest BCUT2D eigenvalue weighted by Gasteiger charge is -2.18. The standard InChI is InChI=1S/C26H32FN5O4/c1-15(19-8-6-17(13-20(19)27)32-11-3-4-23(32)33)24(34)28-22-14-21(30-31-22)16-5-7-18(12-16)36-25(35)29-26(2)9-10-26/h6,8,13-16,18H,3-5,7,9-12H2,1-2H3,(H,29,35)(H2,28,30,31,34)/t15?,16-,18+/m0/s1. The van der Waals surface area contributed by atoms with Gasteiger partial charge in [-0.15, -0.1) is 0 Å². The molecule has 0 radical (unpaired) electrons. The molecule has 2 aliphatic carbocycles. The maximum Gasteiger partial charge on any atom is 0.407 e. The number of ether oxygens (including phenoxy) is 1. The lowest BCUT2D eigenvalue weighted by Crippen LogP contribution is -2.36. The summed E-state index contributed by atoms with van der Waals surface area (Å²) in [6, 6.07) is 6.34. The van der Waals surface area contributed by atoms with Crippen LogP contribution >= 0.6 is 0 Å². The number of H-pyrrole nitrogens is 1. The third kappa shape index (κ3) is 5.22. The van der Waals surface area contributed by atoms with Crippen LogP contribution < -0.4 is 15.5 Å². The van der Waals surface area contributed by atoms with E-state index < -0.39 is 11.7 Å². The molecule has 1 aliphatic heterocycles. The summed E-state index contributed by atoms with van der Waals surface area (Å²) in [5, 5.41) is 12.8. The number of nitrogens with zero attached hydrogens (tertiary/aromatic N) is 2. The third-order valence-corrected chi connectivity index (χ3v) is 7.58. The fraction of sp³-hybridized carbons (Fsp3) is 0.538. The smallest absolute Gasteiger partial charge is 0.407 e. The number of carbonyl (C=O) groups is 3. The maximum atomic E-state index is 14.8. The van der Waals surface area contributed by atoms with Crippen molar-refractivity contribution in [2.75, 3.05) is 16.8 Å². The second kappa shape index (κ2) is 9.55. The predicted octanol–water partition coefficient (Wildman–Crippen LogP) is 4.33. The number of rotatable bonds is 7. The Morgan fingerprint density at radius 3 is 2.78 bits per heavy atom. The van der Waals surface area contributed by atoms with Crippen molar-refractivity contribution in [3.05, 3.63) is 41.3 Å². The van der Waals surface area contributed by atoms with Crippen LogP contribution in [0.25, 0.3) is 0 Å². The molecule has 3 N–H and O–H groups in total. The number of aromatic nitrogens is 2. The first-order chi connectivity index (χ1) is 17.2. The van der Waals surface area contributed by atoms with Crippen molar-refractivity contribution in [2.24, 2.45) is 0 Å². The zero-order chi connectivity index (χ0) is 25.4. The van der Waals surface area contributed by atoms with E-state index in [1.165, 1.54) is 6.07 Å². The second-order valence-electron chi connectivity index (χ2n) is 10.5. The van der Waals surface area contributed by atoms with Gasteiger partial charge < -0.3 is 20.3 Å². The van der Waals surface area contributed by atoms with Crippen LogP contribution in [-0.2, 0) is 14.3 Å². The highest BCUT2D eigenvalue weighted by Gasteiger charge is 2.40. The van der Waals surface area contributed by atoms with Gasteiger partial charge in [-0.1, -0.05) is 6.07 Å². The first-order valence-corrected chi connectivity index (χ1v) is 12.7. The number of benzene rings is 1. The number of nitrogens with one attached hydrogen (secondary N) is 3. The molecule has 1 unspecified atom stereocenters. The minimum absolute atomic E-state index is 0.0155. The maximum absolute atomic E-state index is 14.8. The molecule has 192 valence electrons. The highest BCUT2D eigenvalue weighted by molar-refractivity contribution is 5.96. The topological polar surface area (TPSA) is 116 Å². The van der Waals surface area contributed by atoms with Crippen molar-refractivity contribution in [3.8, 4) is 0 Å². The molecule has 1 aromatic heterocycles. The zero-order valence-electron chi connectivity index (χ0n) is 20.6.